The molecular weight excluding hydrogens is 380 g/mol. The minimum Gasteiger partial charge on any atom is -0.480 e. The van der Waals surface area contributed by atoms with Crippen molar-refractivity contribution in [3.05, 3.63) is 28.8 Å². The van der Waals surface area contributed by atoms with Gasteiger partial charge in [0.15, 0.2) is 0 Å². The largest absolute Gasteiger partial charge is 0.480 e. The first-order chi connectivity index (χ1) is 12.9. The predicted octanol–water partition coefficient (Wildman–Crippen LogP) is 2.63. The fourth-order valence-electron chi connectivity index (χ4n) is 3.19. The number of carboxylic acid groups (broad SMARTS) is 1. The van der Waals surface area contributed by atoms with Crippen LogP contribution in [0.3, 0.4) is 0 Å². The lowest BCUT2D eigenvalue weighted by molar-refractivity contribution is -0.137. The van der Waals surface area contributed by atoms with Crippen LogP contribution in [0.25, 0.3) is 0 Å². The summed E-state index contributed by atoms with van der Waals surface area (Å²) in [6.07, 6.45) is 0. The van der Waals surface area contributed by atoms with Gasteiger partial charge in [-0.15, -0.1) is 0 Å². The zero-order valence-corrected chi connectivity index (χ0v) is 18.1. The molecule has 1 fully saturated rings. The van der Waals surface area contributed by atoms with Gasteiger partial charge in [0.25, 0.3) is 0 Å². The number of carbonyl (C=O) groups excluding carboxylic acids is 1. The summed E-state index contributed by atoms with van der Waals surface area (Å²) in [6, 6.07) is 3.06. The van der Waals surface area contributed by atoms with Crippen LogP contribution in [-0.4, -0.2) is 48.8 Å². The Morgan fingerprint density at radius 2 is 1.57 bits per heavy atom. The van der Waals surface area contributed by atoms with Gasteiger partial charge in [-0.3, -0.25) is 9.59 Å². The number of hydrogen-bond acceptors (Lipinski definition) is 4. The Labute approximate surface area is 167 Å². The summed E-state index contributed by atoms with van der Waals surface area (Å²) in [5, 5.41) is 10.9. The van der Waals surface area contributed by atoms with E-state index < -0.39 is 34.5 Å². The van der Waals surface area contributed by atoms with Gasteiger partial charge in [0.05, 0.1) is 4.90 Å². The number of nitrogens with one attached hydrogen (secondary N) is 1. The van der Waals surface area contributed by atoms with Gasteiger partial charge in [0.1, 0.15) is 12.6 Å². The van der Waals surface area contributed by atoms with Crippen molar-refractivity contribution in [2.24, 2.45) is 0 Å². The highest BCUT2D eigenvalue weighted by Crippen LogP contribution is 2.39. The summed E-state index contributed by atoms with van der Waals surface area (Å²) < 4.78 is 28.0. The number of carbonyl (C=O) groups is 2. The molecule has 0 bridgehead atoms. The van der Waals surface area contributed by atoms with Crippen LogP contribution >= 0.6 is 0 Å². The van der Waals surface area contributed by atoms with Crippen molar-refractivity contribution in [2.75, 3.05) is 13.1 Å². The van der Waals surface area contributed by atoms with E-state index in [-0.39, 0.29) is 29.2 Å². The number of sulfonamides is 1. The molecule has 1 amide bonds. The summed E-state index contributed by atoms with van der Waals surface area (Å²) in [5.74, 6) is -1.48. The number of benzene rings is 1. The molecule has 1 saturated heterocycles. The maximum atomic E-state index is 13.4. The van der Waals surface area contributed by atoms with Crippen LogP contribution in [0.4, 0.5) is 0 Å². The van der Waals surface area contributed by atoms with Gasteiger partial charge < -0.3 is 10.4 Å². The molecule has 1 aromatic rings. The Morgan fingerprint density at radius 1 is 1.07 bits per heavy atom. The van der Waals surface area contributed by atoms with Crippen LogP contribution in [-0.2, 0) is 19.6 Å². The van der Waals surface area contributed by atoms with E-state index >= 15 is 0 Å². The van der Waals surface area contributed by atoms with Crippen LogP contribution in [0.15, 0.2) is 17.0 Å². The summed E-state index contributed by atoms with van der Waals surface area (Å²) in [5.41, 5.74) is 2.60. The number of rotatable bonds is 8. The number of hydrogen-bond donors (Lipinski definition) is 2. The second-order valence-electron chi connectivity index (χ2n) is 8.19. The van der Waals surface area contributed by atoms with E-state index in [0.29, 0.717) is 0 Å². The van der Waals surface area contributed by atoms with Gasteiger partial charge in [0, 0.05) is 6.54 Å². The zero-order chi connectivity index (χ0) is 21.4. The summed E-state index contributed by atoms with van der Waals surface area (Å²) in [7, 11) is -3.87. The average molecular weight is 411 g/mol. The molecule has 1 aliphatic rings. The molecule has 156 valence electrons. The van der Waals surface area contributed by atoms with Crippen LogP contribution in [0.2, 0.25) is 0 Å². The first kappa shape index (κ1) is 22.4. The van der Waals surface area contributed by atoms with Crippen LogP contribution in [0, 0.1) is 0 Å². The van der Waals surface area contributed by atoms with Crippen molar-refractivity contribution in [1.29, 1.82) is 0 Å². The Balaban J connectivity index is 2.48. The molecule has 0 radical (unpaired) electrons. The molecule has 1 heterocycles. The fourth-order valence-corrected chi connectivity index (χ4v) is 5.38. The van der Waals surface area contributed by atoms with Gasteiger partial charge in [-0.25, -0.2) is 8.42 Å². The highest BCUT2D eigenvalue weighted by Gasteiger charge is 2.50. The first-order valence-corrected chi connectivity index (χ1v) is 11.0. The molecule has 2 atom stereocenters. The van der Waals surface area contributed by atoms with Gasteiger partial charge in [-0.1, -0.05) is 53.7 Å². The van der Waals surface area contributed by atoms with Crippen LogP contribution in [0.1, 0.15) is 76.0 Å². The maximum Gasteiger partial charge on any atom is 0.322 e. The summed E-state index contributed by atoms with van der Waals surface area (Å²) in [6.45, 7) is 11.5. The quantitative estimate of drug-likeness (QED) is 0.641. The van der Waals surface area contributed by atoms with Crippen LogP contribution in [0.5, 0.6) is 0 Å². The van der Waals surface area contributed by atoms with E-state index in [0.717, 1.165) is 21.0 Å². The molecule has 1 aliphatic heterocycles. The number of aliphatic carboxylic acids is 1. The molecule has 28 heavy (non-hydrogen) atoms. The molecule has 2 N–H and O–H groups in total. The summed E-state index contributed by atoms with van der Waals surface area (Å²) >= 11 is 0. The minimum absolute atomic E-state index is 0.000196. The van der Waals surface area contributed by atoms with Crippen molar-refractivity contribution in [2.45, 2.75) is 70.2 Å². The van der Waals surface area contributed by atoms with Gasteiger partial charge >= 0.3 is 5.97 Å². The normalized spacial score (nSPS) is 19.3. The highest BCUT2D eigenvalue weighted by molar-refractivity contribution is 7.89. The maximum absolute atomic E-state index is 13.4. The van der Waals surface area contributed by atoms with E-state index in [2.05, 4.69) is 19.2 Å². The standard InChI is InChI=1S/C20H30N2O5S/c1-11(2)14-7-15(12(3)4)19(16(8-14)13(5)6)28(26,27)22-10-17(22)20(25)21-9-18(23)24/h7-8,11-13,17H,9-10H2,1-6H3,(H,21,25)(H,23,24). The molecule has 0 spiro atoms. The Morgan fingerprint density at radius 3 is 1.96 bits per heavy atom. The predicted molar refractivity (Wildman–Crippen MR) is 107 cm³/mol. The molecule has 0 aromatic heterocycles. The lowest BCUT2D eigenvalue weighted by Crippen LogP contribution is -2.35. The molecule has 2 rings (SSSR count). The van der Waals surface area contributed by atoms with Crippen molar-refractivity contribution < 1.29 is 23.1 Å². The Kier molecular flexibility index (Phi) is 6.55. The third-order valence-electron chi connectivity index (χ3n) is 4.93. The van der Waals surface area contributed by atoms with Crippen molar-refractivity contribution >= 4 is 21.9 Å². The molecule has 0 aliphatic carbocycles. The van der Waals surface area contributed by atoms with E-state index in [1.165, 1.54) is 0 Å². The third kappa shape index (κ3) is 4.55. The van der Waals surface area contributed by atoms with Gasteiger partial charge in [-0.05, 0) is 34.4 Å². The zero-order valence-electron chi connectivity index (χ0n) is 17.3. The Bertz CT molecular complexity index is 846. The van der Waals surface area contributed by atoms with E-state index in [9.17, 15) is 18.0 Å². The van der Waals surface area contributed by atoms with Gasteiger partial charge in [0.2, 0.25) is 15.9 Å². The van der Waals surface area contributed by atoms with Crippen molar-refractivity contribution in [3.8, 4) is 0 Å². The van der Waals surface area contributed by atoms with Crippen molar-refractivity contribution in [3.63, 3.8) is 0 Å². The van der Waals surface area contributed by atoms with E-state index in [4.69, 9.17) is 5.11 Å². The van der Waals surface area contributed by atoms with Gasteiger partial charge in [-0.2, -0.15) is 4.31 Å². The van der Waals surface area contributed by atoms with Crippen LogP contribution < -0.4 is 5.32 Å². The van der Waals surface area contributed by atoms with Crippen molar-refractivity contribution in [1.82, 2.24) is 9.62 Å². The second-order valence-corrected chi connectivity index (χ2v) is 10.0. The molecular formula is C20H30N2O5S. The monoisotopic (exact) mass is 410 g/mol. The first-order valence-electron chi connectivity index (χ1n) is 9.57. The van der Waals surface area contributed by atoms with E-state index in [1.54, 1.807) is 0 Å². The number of nitrogens with zero attached hydrogens (tertiary/aromatic N) is 1. The molecule has 1 aromatic carbocycles. The number of amides is 1. The summed E-state index contributed by atoms with van der Waals surface area (Å²) in [4.78, 5) is 23.0. The SMILES string of the molecule is CC(C)c1cc(C(C)C)c(S(=O)(=O)N2CC2C(=O)NCC(=O)O)c(C(C)C)c1. The molecule has 8 heteroatoms. The second kappa shape index (κ2) is 8.21. The Hall–Kier alpha value is -1.93. The number of carboxylic acids is 1. The minimum atomic E-state index is -3.87. The molecule has 2 unspecified atom stereocenters. The molecule has 0 saturated carbocycles. The lowest BCUT2D eigenvalue weighted by Gasteiger charge is -2.23. The molecule has 7 nitrogen and oxygen atoms in total. The smallest absolute Gasteiger partial charge is 0.322 e. The third-order valence-corrected chi connectivity index (χ3v) is 6.94. The fraction of sp³-hybridized carbons (Fsp3) is 0.600. The average Bonchev–Trinajstić information content (AvgIpc) is 3.39. The van der Waals surface area contributed by atoms with E-state index in [1.807, 2.05) is 39.8 Å². The highest BCUT2D eigenvalue weighted by atomic mass is 32.2. The topological polar surface area (TPSA) is 104 Å². The lowest BCUT2D eigenvalue weighted by atomic mass is 9.89.